The fourth-order valence-electron chi connectivity index (χ4n) is 8.93. The second kappa shape index (κ2) is 57.2. The number of unbranched alkanes of at least 4 members (excludes halogenated alkanes) is 38. The molecule has 0 rings (SSSR count). The standard InChI is InChI=1S/C62H114O6/c1-4-7-10-13-16-19-22-25-28-31-34-37-40-43-46-49-52-55-61(64)67-58-59(57-66-60(63)54-51-48-45-42-39-36-33-30-27-24-21-18-15-12-9-6-3)68-62(65)56-53-50-47-44-41-38-35-32-29-26-23-20-17-14-11-8-5-2/h9,12,18,21,27,30,59H,4-8,10-11,13-17,19-20,22-26,28-29,31-58H2,1-3H3/b12-9-,21-18-,30-27-. The van der Waals surface area contributed by atoms with Gasteiger partial charge in [0.15, 0.2) is 6.10 Å². The molecule has 0 fully saturated rings. The summed E-state index contributed by atoms with van der Waals surface area (Å²) < 4.78 is 16.9. The highest BCUT2D eigenvalue weighted by Gasteiger charge is 2.19. The minimum atomic E-state index is -0.773. The topological polar surface area (TPSA) is 78.9 Å². The Balaban J connectivity index is 4.34. The van der Waals surface area contributed by atoms with Crippen molar-refractivity contribution in [3.63, 3.8) is 0 Å². The van der Waals surface area contributed by atoms with E-state index in [1.165, 1.54) is 199 Å². The average molecular weight is 956 g/mol. The second-order valence-electron chi connectivity index (χ2n) is 20.2. The van der Waals surface area contributed by atoms with Gasteiger partial charge in [-0.1, -0.05) is 288 Å². The molecule has 1 unspecified atom stereocenters. The maximum Gasteiger partial charge on any atom is 0.306 e. The van der Waals surface area contributed by atoms with Crippen molar-refractivity contribution >= 4 is 17.9 Å². The van der Waals surface area contributed by atoms with E-state index in [0.717, 1.165) is 83.5 Å². The first-order valence-electron chi connectivity index (χ1n) is 30.0. The third-order valence-corrected chi connectivity index (χ3v) is 13.4. The maximum absolute atomic E-state index is 12.9. The van der Waals surface area contributed by atoms with Crippen LogP contribution in [0, 0.1) is 0 Å². The third-order valence-electron chi connectivity index (χ3n) is 13.4. The number of carbonyl (C=O) groups excluding carboxylic acids is 3. The first kappa shape index (κ1) is 65.6. The van der Waals surface area contributed by atoms with Crippen molar-refractivity contribution in [3.05, 3.63) is 36.5 Å². The summed E-state index contributed by atoms with van der Waals surface area (Å²) in [6, 6.07) is 0. The summed E-state index contributed by atoms with van der Waals surface area (Å²) in [5.74, 6) is -0.862. The molecule has 1 atom stereocenters. The molecule has 0 aromatic carbocycles. The van der Waals surface area contributed by atoms with E-state index in [1.807, 2.05) is 0 Å². The Morgan fingerprint density at radius 2 is 0.574 bits per heavy atom. The Morgan fingerprint density at radius 1 is 0.309 bits per heavy atom. The third kappa shape index (κ3) is 54.6. The van der Waals surface area contributed by atoms with E-state index >= 15 is 0 Å². The van der Waals surface area contributed by atoms with Gasteiger partial charge in [0.2, 0.25) is 0 Å². The SMILES string of the molecule is CC/C=C\C/C=C\C/C=C\CCCCCCCCC(=O)OCC(COC(=O)CCCCCCCCCCCCCCCCCCC)OC(=O)CCCCCCCCCCCCCCCCCCC. The summed E-state index contributed by atoms with van der Waals surface area (Å²) in [4.78, 5) is 38.2. The highest BCUT2D eigenvalue weighted by atomic mass is 16.6. The smallest absolute Gasteiger partial charge is 0.306 e. The van der Waals surface area contributed by atoms with Gasteiger partial charge in [0.25, 0.3) is 0 Å². The van der Waals surface area contributed by atoms with Gasteiger partial charge in [-0.25, -0.2) is 0 Å². The fourth-order valence-corrected chi connectivity index (χ4v) is 8.93. The van der Waals surface area contributed by atoms with Crippen molar-refractivity contribution in [3.8, 4) is 0 Å². The lowest BCUT2D eigenvalue weighted by atomic mass is 10.0. The van der Waals surface area contributed by atoms with Crippen molar-refractivity contribution in [2.24, 2.45) is 0 Å². The molecule has 0 aliphatic rings. The van der Waals surface area contributed by atoms with Gasteiger partial charge < -0.3 is 14.2 Å². The lowest BCUT2D eigenvalue weighted by molar-refractivity contribution is -0.167. The summed E-state index contributed by atoms with van der Waals surface area (Å²) >= 11 is 0. The van der Waals surface area contributed by atoms with Crippen molar-refractivity contribution in [1.82, 2.24) is 0 Å². The molecule has 6 heteroatoms. The van der Waals surface area contributed by atoms with Gasteiger partial charge in [-0.2, -0.15) is 0 Å². The summed E-state index contributed by atoms with van der Waals surface area (Å²) in [5, 5.41) is 0. The van der Waals surface area contributed by atoms with Gasteiger partial charge in [-0.05, 0) is 51.4 Å². The normalized spacial score (nSPS) is 12.2. The Hall–Kier alpha value is -2.37. The molecule has 0 radical (unpaired) electrons. The van der Waals surface area contributed by atoms with Gasteiger partial charge in [-0.3, -0.25) is 14.4 Å². The van der Waals surface area contributed by atoms with Crippen LogP contribution >= 0.6 is 0 Å². The number of rotatable bonds is 55. The predicted molar refractivity (Wildman–Crippen MR) is 293 cm³/mol. The van der Waals surface area contributed by atoms with Crippen molar-refractivity contribution < 1.29 is 28.6 Å². The molecule has 0 saturated carbocycles. The van der Waals surface area contributed by atoms with Crippen LogP contribution in [0.25, 0.3) is 0 Å². The number of carbonyl (C=O) groups is 3. The van der Waals surface area contributed by atoms with Crippen LogP contribution in [0.4, 0.5) is 0 Å². The average Bonchev–Trinajstić information content (AvgIpc) is 3.34. The molecule has 6 nitrogen and oxygen atoms in total. The van der Waals surface area contributed by atoms with Crippen LogP contribution in [-0.4, -0.2) is 37.2 Å². The monoisotopic (exact) mass is 955 g/mol. The quantitative estimate of drug-likeness (QED) is 0.0262. The predicted octanol–water partition coefficient (Wildman–Crippen LogP) is 20.0. The molecule has 0 N–H and O–H groups in total. The van der Waals surface area contributed by atoms with Gasteiger partial charge in [0, 0.05) is 19.3 Å². The number of hydrogen-bond donors (Lipinski definition) is 0. The molecule has 0 aliphatic heterocycles. The Bertz CT molecular complexity index is 1140. The molecular formula is C62H114O6. The zero-order valence-electron chi connectivity index (χ0n) is 45.6. The first-order valence-corrected chi connectivity index (χ1v) is 30.0. The van der Waals surface area contributed by atoms with Crippen LogP contribution in [-0.2, 0) is 28.6 Å². The molecule has 68 heavy (non-hydrogen) atoms. The van der Waals surface area contributed by atoms with E-state index in [1.54, 1.807) is 0 Å². The summed E-state index contributed by atoms with van der Waals surface area (Å²) in [6.45, 7) is 6.58. The number of ether oxygens (including phenoxy) is 3. The van der Waals surface area contributed by atoms with Crippen LogP contribution in [0.2, 0.25) is 0 Å². The van der Waals surface area contributed by atoms with Crippen LogP contribution in [0.3, 0.4) is 0 Å². The van der Waals surface area contributed by atoms with E-state index in [2.05, 4.69) is 57.2 Å². The molecule has 0 saturated heterocycles. The fraction of sp³-hybridized carbons (Fsp3) is 0.855. The van der Waals surface area contributed by atoms with Crippen LogP contribution in [0.15, 0.2) is 36.5 Å². The van der Waals surface area contributed by atoms with E-state index in [-0.39, 0.29) is 31.1 Å². The zero-order chi connectivity index (χ0) is 49.3. The van der Waals surface area contributed by atoms with Crippen LogP contribution in [0.5, 0.6) is 0 Å². The molecule has 0 bridgehead atoms. The molecule has 398 valence electrons. The molecule has 0 spiro atoms. The number of esters is 3. The molecule has 0 aliphatic carbocycles. The highest BCUT2D eigenvalue weighted by molar-refractivity contribution is 5.71. The van der Waals surface area contributed by atoms with E-state index in [0.29, 0.717) is 19.3 Å². The molecule has 0 heterocycles. The molecule has 0 aromatic rings. The van der Waals surface area contributed by atoms with Crippen molar-refractivity contribution in [2.45, 2.75) is 329 Å². The van der Waals surface area contributed by atoms with Crippen molar-refractivity contribution in [2.75, 3.05) is 13.2 Å². The summed E-state index contributed by atoms with van der Waals surface area (Å²) in [6.07, 6.45) is 68.5. The highest BCUT2D eigenvalue weighted by Crippen LogP contribution is 2.17. The summed E-state index contributed by atoms with van der Waals surface area (Å²) in [5.41, 5.74) is 0. The maximum atomic E-state index is 12.9. The zero-order valence-corrected chi connectivity index (χ0v) is 45.6. The number of hydrogen-bond acceptors (Lipinski definition) is 6. The minimum Gasteiger partial charge on any atom is -0.462 e. The summed E-state index contributed by atoms with van der Waals surface area (Å²) in [7, 11) is 0. The van der Waals surface area contributed by atoms with Crippen LogP contribution in [0.1, 0.15) is 323 Å². The van der Waals surface area contributed by atoms with Gasteiger partial charge >= 0.3 is 17.9 Å². The Kier molecular flexibility index (Phi) is 55.2. The minimum absolute atomic E-state index is 0.0710. The molecule has 0 aromatic heterocycles. The van der Waals surface area contributed by atoms with E-state index in [9.17, 15) is 14.4 Å². The van der Waals surface area contributed by atoms with Gasteiger partial charge in [0.1, 0.15) is 13.2 Å². The largest absolute Gasteiger partial charge is 0.462 e. The lowest BCUT2D eigenvalue weighted by Crippen LogP contribution is -2.30. The molecular weight excluding hydrogens is 841 g/mol. The Morgan fingerprint density at radius 3 is 0.897 bits per heavy atom. The number of allylic oxidation sites excluding steroid dienone is 6. The van der Waals surface area contributed by atoms with E-state index < -0.39 is 6.10 Å². The van der Waals surface area contributed by atoms with Crippen LogP contribution < -0.4 is 0 Å². The first-order chi connectivity index (χ1) is 33.5. The lowest BCUT2D eigenvalue weighted by Gasteiger charge is -2.18. The second-order valence-corrected chi connectivity index (χ2v) is 20.2. The van der Waals surface area contributed by atoms with Crippen molar-refractivity contribution in [1.29, 1.82) is 0 Å². The molecule has 0 amide bonds. The Labute approximate surface area is 423 Å². The van der Waals surface area contributed by atoms with Gasteiger partial charge in [0.05, 0.1) is 0 Å². The van der Waals surface area contributed by atoms with E-state index in [4.69, 9.17) is 14.2 Å². The van der Waals surface area contributed by atoms with Gasteiger partial charge in [-0.15, -0.1) is 0 Å².